The first-order valence-corrected chi connectivity index (χ1v) is 5.19. The lowest BCUT2D eigenvalue weighted by Crippen LogP contribution is -2.14. The highest BCUT2D eigenvalue weighted by atomic mass is 35.5. The molecule has 0 fully saturated rings. The molecule has 0 bridgehead atoms. The summed E-state index contributed by atoms with van der Waals surface area (Å²) in [6, 6.07) is 0. The number of anilines is 1. The van der Waals surface area contributed by atoms with Crippen LogP contribution in [0.2, 0.25) is 5.15 Å². The maximum Gasteiger partial charge on any atom is 0.156 e. The van der Waals surface area contributed by atoms with Crippen molar-refractivity contribution in [2.24, 2.45) is 0 Å². The van der Waals surface area contributed by atoms with Gasteiger partial charge < -0.3 is 15.9 Å². The summed E-state index contributed by atoms with van der Waals surface area (Å²) in [6.07, 6.45) is 0.514. The molecule has 1 aromatic heterocycles. The van der Waals surface area contributed by atoms with Crippen LogP contribution >= 0.6 is 23.4 Å². The Hall–Kier alpha value is -0.560. The fourth-order valence-electron chi connectivity index (χ4n) is 0.702. The van der Waals surface area contributed by atoms with Crippen molar-refractivity contribution in [1.29, 1.82) is 0 Å². The van der Waals surface area contributed by atoms with Crippen LogP contribution in [0.5, 0.6) is 0 Å². The van der Waals surface area contributed by atoms with Gasteiger partial charge in [-0.05, 0) is 0 Å². The van der Waals surface area contributed by atoms with Gasteiger partial charge >= 0.3 is 0 Å². The molecule has 0 amide bonds. The zero-order valence-electron chi connectivity index (χ0n) is 7.22. The molecule has 0 saturated heterocycles. The first kappa shape index (κ1) is 11.5. The van der Waals surface area contributed by atoms with Crippen LogP contribution in [0.1, 0.15) is 0 Å². The molecule has 1 unspecified atom stereocenters. The van der Waals surface area contributed by atoms with Crippen molar-refractivity contribution in [2.75, 3.05) is 18.1 Å². The van der Waals surface area contributed by atoms with Crippen LogP contribution in [0.4, 0.5) is 5.69 Å². The number of aliphatic hydroxyl groups is 2. The van der Waals surface area contributed by atoms with Gasteiger partial charge in [0.25, 0.3) is 0 Å². The van der Waals surface area contributed by atoms with Crippen molar-refractivity contribution < 1.29 is 10.2 Å². The summed E-state index contributed by atoms with van der Waals surface area (Å²) >= 11 is 6.89. The number of aliphatic hydroxyl groups excluding tert-OH is 2. The molecule has 0 radical (unpaired) electrons. The van der Waals surface area contributed by atoms with E-state index in [-0.39, 0.29) is 11.8 Å². The van der Waals surface area contributed by atoms with Crippen molar-refractivity contribution in [3.8, 4) is 0 Å². The van der Waals surface area contributed by atoms with Gasteiger partial charge in [0, 0.05) is 5.75 Å². The summed E-state index contributed by atoms with van der Waals surface area (Å²) in [5.41, 5.74) is 5.88. The normalized spacial score (nSPS) is 12.8. The fraction of sp³-hybridized carbons (Fsp3) is 0.429. The van der Waals surface area contributed by atoms with Crippen LogP contribution in [0, 0.1) is 0 Å². The second-order valence-electron chi connectivity index (χ2n) is 2.53. The monoisotopic (exact) mass is 235 g/mol. The lowest BCUT2D eigenvalue weighted by molar-refractivity contribution is 0.113. The smallest absolute Gasteiger partial charge is 0.156 e. The molecule has 7 heteroatoms. The number of nitrogens with two attached hydrogens (primary N) is 1. The van der Waals surface area contributed by atoms with Gasteiger partial charge in [0.1, 0.15) is 17.0 Å². The number of hydrogen-bond donors (Lipinski definition) is 3. The third-order valence-electron chi connectivity index (χ3n) is 1.42. The van der Waals surface area contributed by atoms with E-state index in [2.05, 4.69) is 9.97 Å². The molecular weight excluding hydrogens is 226 g/mol. The van der Waals surface area contributed by atoms with Crippen molar-refractivity contribution in [3.05, 3.63) is 11.5 Å². The molecule has 0 aliphatic heterocycles. The van der Waals surface area contributed by atoms with Crippen LogP contribution in [0.3, 0.4) is 0 Å². The zero-order chi connectivity index (χ0) is 10.6. The maximum absolute atomic E-state index is 9.09. The van der Waals surface area contributed by atoms with Crippen molar-refractivity contribution in [2.45, 2.75) is 11.1 Å². The number of rotatable bonds is 4. The second kappa shape index (κ2) is 5.35. The number of nitrogen functional groups attached to an aromatic ring is 1. The Labute approximate surface area is 90.3 Å². The van der Waals surface area contributed by atoms with Gasteiger partial charge in [-0.3, -0.25) is 0 Å². The summed E-state index contributed by atoms with van der Waals surface area (Å²) in [5.74, 6) is 0.314. The van der Waals surface area contributed by atoms with Gasteiger partial charge in [-0.1, -0.05) is 11.6 Å². The van der Waals surface area contributed by atoms with Gasteiger partial charge in [-0.2, -0.15) is 0 Å². The van der Waals surface area contributed by atoms with Crippen LogP contribution in [0.25, 0.3) is 0 Å². The molecule has 14 heavy (non-hydrogen) atoms. The Bertz CT molecular complexity index is 313. The van der Waals surface area contributed by atoms with Crippen LogP contribution in [-0.4, -0.2) is 38.6 Å². The predicted octanol–water partition coefficient (Wildman–Crippen LogP) is 0.158. The van der Waals surface area contributed by atoms with Crippen LogP contribution in [0.15, 0.2) is 11.4 Å². The van der Waals surface area contributed by atoms with E-state index in [4.69, 9.17) is 27.5 Å². The quantitative estimate of drug-likeness (QED) is 0.509. The predicted molar refractivity (Wildman–Crippen MR) is 55.3 cm³/mol. The second-order valence-corrected chi connectivity index (χ2v) is 3.90. The van der Waals surface area contributed by atoms with E-state index in [1.165, 1.54) is 18.1 Å². The molecule has 1 heterocycles. The number of thioether (sulfide) groups is 1. The number of nitrogens with zero attached hydrogens (tertiary/aromatic N) is 2. The highest BCUT2D eigenvalue weighted by Crippen LogP contribution is 2.26. The third kappa shape index (κ3) is 2.98. The third-order valence-corrected chi connectivity index (χ3v) is 2.87. The maximum atomic E-state index is 9.09. The standard InChI is InChI=1S/C7H10ClN3O2S/c8-6-5(9)7(11-3-10-6)14-2-4(13)1-12/h3-4,12-13H,1-2,9H2. The summed E-state index contributed by atoms with van der Waals surface area (Å²) in [4.78, 5) is 7.59. The molecule has 0 saturated carbocycles. The van der Waals surface area contributed by atoms with Crippen molar-refractivity contribution in [3.63, 3.8) is 0 Å². The molecule has 1 rings (SSSR count). The van der Waals surface area contributed by atoms with Crippen molar-refractivity contribution in [1.82, 2.24) is 9.97 Å². The average molecular weight is 236 g/mol. The molecule has 4 N–H and O–H groups in total. The first-order valence-electron chi connectivity index (χ1n) is 3.82. The summed E-state index contributed by atoms with van der Waals surface area (Å²) in [7, 11) is 0. The highest BCUT2D eigenvalue weighted by molar-refractivity contribution is 7.99. The van der Waals surface area contributed by atoms with Gasteiger partial charge in [-0.25, -0.2) is 9.97 Å². The zero-order valence-corrected chi connectivity index (χ0v) is 8.79. The molecule has 0 aliphatic carbocycles. The number of hydrogen-bond acceptors (Lipinski definition) is 6. The van der Waals surface area contributed by atoms with Gasteiger partial charge in [0.15, 0.2) is 5.15 Å². The fourth-order valence-corrected chi connectivity index (χ4v) is 1.72. The Morgan fingerprint density at radius 2 is 2.29 bits per heavy atom. The largest absolute Gasteiger partial charge is 0.394 e. The molecule has 0 aromatic carbocycles. The average Bonchev–Trinajstić information content (AvgIpc) is 2.20. The lowest BCUT2D eigenvalue weighted by Gasteiger charge is -2.07. The van der Waals surface area contributed by atoms with E-state index in [1.807, 2.05) is 0 Å². The Balaban J connectivity index is 2.63. The Morgan fingerprint density at radius 3 is 2.93 bits per heavy atom. The Morgan fingerprint density at radius 1 is 1.57 bits per heavy atom. The summed E-state index contributed by atoms with van der Waals surface area (Å²) in [6.45, 7) is -0.286. The number of aromatic nitrogens is 2. The topological polar surface area (TPSA) is 92.3 Å². The van der Waals surface area contributed by atoms with E-state index in [0.29, 0.717) is 16.5 Å². The van der Waals surface area contributed by atoms with E-state index < -0.39 is 6.10 Å². The molecule has 0 spiro atoms. The van der Waals surface area contributed by atoms with Gasteiger partial charge in [0.2, 0.25) is 0 Å². The molecule has 1 atom stereocenters. The highest BCUT2D eigenvalue weighted by Gasteiger charge is 2.09. The summed E-state index contributed by atoms with van der Waals surface area (Å²) < 4.78 is 0. The van der Waals surface area contributed by atoms with Crippen LogP contribution in [-0.2, 0) is 0 Å². The molecule has 5 nitrogen and oxygen atoms in total. The minimum atomic E-state index is -0.784. The van der Waals surface area contributed by atoms with E-state index in [1.54, 1.807) is 0 Å². The lowest BCUT2D eigenvalue weighted by atomic mass is 10.4. The van der Waals surface area contributed by atoms with Crippen LogP contribution < -0.4 is 5.73 Å². The molecular formula is C7H10ClN3O2S. The summed E-state index contributed by atoms with van der Waals surface area (Å²) in [5, 5.41) is 18.4. The molecule has 1 aromatic rings. The minimum absolute atomic E-state index is 0.195. The van der Waals surface area contributed by atoms with Gasteiger partial charge in [0.05, 0.1) is 12.7 Å². The Kier molecular flexibility index (Phi) is 4.40. The number of halogens is 1. The van der Waals surface area contributed by atoms with E-state index in [9.17, 15) is 0 Å². The SMILES string of the molecule is Nc1c(Cl)ncnc1SCC(O)CO. The first-order chi connectivity index (χ1) is 6.65. The molecule has 78 valence electrons. The van der Waals surface area contributed by atoms with Gasteiger partial charge in [-0.15, -0.1) is 11.8 Å². The van der Waals surface area contributed by atoms with E-state index >= 15 is 0 Å². The van der Waals surface area contributed by atoms with Crippen molar-refractivity contribution >= 4 is 29.1 Å². The molecule has 0 aliphatic rings. The van der Waals surface area contributed by atoms with E-state index in [0.717, 1.165) is 0 Å². The minimum Gasteiger partial charge on any atom is -0.394 e.